The van der Waals surface area contributed by atoms with Gasteiger partial charge in [0, 0.05) is 11.4 Å². The maximum atomic E-state index is 11.0. The van der Waals surface area contributed by atoms with Crippen molar-refractivity contribution in [3.05, 3.63) is 34.9 Å². The molecule has 1 aromatic carbocycles. The Hall–Kier alpha value is -1.33. The van der Waals surface area contributed by atoms with Gasteiger partial charge in [0.1, 0.15) is 5.78 Å². The number of nitriles is 1. The second-order valence-electron chi connectivity index (χ2n) is 3.00. The Morgan fingerprint density at radius 1 is 1.36 bits per heavy atom. The van der Waals surface area contributed by atoms with E-state index >= 15 is 0 Å². The van der Waals surface area contributed by atoms with Gasteiger partial charge in [-0.2, -0.15) is 5.26 Å². The van der Waals surface area contributed by atoms with Gasteiger partial charge in [-0.3, -0.25) is 4.79 Å². The number of aryl methyl sites for hydroxylation is 1. The highest BCUT2D eigenvalue weighted by Crippen LogP contribution is 2.11. The number of carbonyl (C=O) groups excluding carboxylic acids is 1. The maximum absolute atomic E-state index is 11.0. The van der Waals surface area contributed by atoms with Crippen LogP contribution in [-0.2, 0) is 11.2 Å². The second kappa shape index (κ2) is 5.41. The average molecular weight is 208 g/mol. The summed E-state index contributed by atoms with van der Waals surface area (Å²) < 4.78 is 0. The zero-order valence-electron chi connectivity index (χ0n) is 7.66. The van der Waals surface area contributed by atoms with Crippen molar-refractivity contribution >= 4 is 17.4 Å². The Labute approximate surface area is 88.1 Å². The molecule has 72 valence electrons. The first-order valence-corrected chi connectivity index (χ1v) is 4.73. The fourth-order valence-electron chi connectivity index (χ4n) is 1.11. The van der Waals surface area contributed by atoms with Crippen molar-refractivity contribution in [2.24, 2.45) is 0 Å². The lowest BCUT2D eigenvalue weighted by atomic mass is 10.1. The second-order valence-corrected chi connectivity index (χ2v) is 3.44. The Kier molecular flexibility index (Phi) is 4.15. The zero-order valence-corrected chi connectivity index (χ0v) is 8.42. The molecule has 0 radical (unpaired) electrons. The molecule has 0 amide bonds. The summed E-state index contributed by atoms with van der Waals surface area (Å²) in [6.45, 7) is 0. The van der Waals surface area contributed by atoms with Gasteiger partial charge in [0.2, 0.25) is 0 Å². The largest absolute Gasteiger partial charge is 0.299 e. The molecule has 14 heavy (non-hydrogen) atoms. The standard InChI is InChI=1S/C11H10ClNO/c12-10-4-1-9(2-5-10)3-6-11(14)7-8-13/h1-2,4-5H,3,6-7H2. The summed E-state index contributed by atoms with van der Waals surface area (Å²) in [7, 11) is 0. The number of nitrogens with zero attached hydrogens (tertiary/aromatic N) is 1. The van der Waals surface area contributed by atoms with E-state index in [-0.39, 0.29) is 12.2 Å². The fraction of sp³-hybridized carbons (Fsp3) is 0.273. The molecule has 1 rings (SSSR count). The fourth-order valence-corrected chi connectivity index (χ4v) is 1.24. The smallest absolute Gasteiger partial charge is 0.147 e. The Morgan fingerprint density at radius 3 is 2.57 bits per heavy atom. The molecule has 0 N–H and O–H groups in total. The maximum Gasteiger partial charge on any atom is 0.147 e. The molecule has 0 aromatic heterocycles. The Bertz CT molecular complexity index is 351. The van der Waals surface area contributed by atoms with Crippen LogP contribution in [0.3, 0.4) is 0 Å². The number of Topliss-reactive ketones (excluding diaryl/α,β-unsaturated/α-hetero) is 1. The minimum absolute atomic E-state index is 0.00753. The molecule has 2 nitrogen and oxygen atoms in total. The van der Waals surface area contributed by atoms with Crippen molar-refractivity contribution in [3.63, 3.8) is 0 Å². The number of benzene rings is 1. The van der Waals surface area contributed by atoms with E-state index in [4.69, 9.17) is 16.9 Å². The third-order valence-corrected chi connectivity index (χ3v) is 2.13. The number of ketones is 1. The van der Waals surface area contributed by atoms with Crippen LogP contribution in [0, 0.1) is 11.3 Å². The highest BCUT2D eigenvalue weighted by atomic mass is 35.5. The van der Waals surface area contributed by atoms with E-state index in [1.54, 1.807) is 12.1 Å². The van der Waals surface area contributed by atoms with E-state index in [0.29, 0.717) is 17.9 Å². The number of hydrogen-bond donors (Lipinski definition) is 0. The molecule has 0 heterocycles. The molecule has 0 unspecified atom stereocenters. The van der Waals surface area contributed by atoms with Crippen LogP contribution in [0.5, 0.6) is 0 Å². The molecule has 0 saturated heterocycles. The lowest BCUT2D eigenvalue weighted by Gasteiger charge is -1.98. The molecule has 0 aliphatic carbocycles. The number of hydrogen-bond acceptors (Lipinski definition) is 2. The molecule has 0 aliphatic rings. The van der Waals surface area contributed by atoms with E-state index in [9.17, 15) is 4.79 Å². The van der Waals surface area contributed by atoms with Crippen molar-refractivity contribution < 1.29 is 4.79 Å². The summed E-state index contributed by atoms with van der Waals surface area (Å²) in [5.41, 5.74) is 1.07. The number of halogens is 1. The van der Waals surface area contributed by atoms with Gasteiger partial charge in [0.05, 0.1) is 12.5 Å². The van der Waals surface area contributed by atoms with Gasteiger partial charge in [-0.1, -0.05) is 23.7 Å². The van der Waals surface area contributed by atoms with Crippen LogP contribution in [0.15, 0.2) is 24.3 Å². The van der Waals surface area contributed by atoms with Crippen molar-refractivity contribution in [1.29, 1.82) is 5.26 Å². The molecule has 0 atom stereocenters. The lowest BCUT2D eigenvalue weighted by Crippen LogP contribution is -1.98. The molecule has 3 heteroatoms. The van der Waals surface area contributed by atoms with Gasteiger partial charge >= 0.3 is 0 Å². The van der Waals surface area contributed by atoms with Crippen LogP contribution >= 0.6 is 11.6 Å². The van der Waals surface area contributed by atoms with Gasteiger partial charge in [-0.25, -0.2) is 0 Å². The van der Waals surface area contributed by atoms with Gasteiger partial charge in [-0.15, -0.1) is 0 Å². The molecule has 0 fully saturated rings. The van der Waals surface area contributed by atoms with Crippen LogP contribution in [0.1, 0.15) is 18.4 Å². The van der Waals surface area contributed by atoms with Crippen molar-refractivity contribution in [1.82, 2.24) is 0 Å². The normalized spacial score (nSPS) is 9.43. The van der Waals surface area contributed by atoms with E-state index < -0.39 is 0 Å². The quantitative estimate of drug-likeness (QED) is 0.762. The lowest BCUT2D eigenvalue weighted by molar-refractivity contribution is -0.118. The van der Waals surface area contributed by atoms with E-state index in [1.807, 2.05) is 18.2 Å². The van der Waals surface area contributed by atoms with E-state index in [0.717, 1.165) is 5.56 Å². The average Bonchev–Trinajstić information content (AvgIpc) is 2.17. The first-order chi connectivity index (χ1) is 6.72. The SMILES string of the molecule is N#CCC(=O)CCc1ccc(Cl)cc1. The third-order valence-electron chi connectivity index (χ3n) is 1.88. The third kappa shape index (κ3) is 3.59. The van der Waals surface area contributed by atoms with Crippen molar-refractivity contribution in [3.8, 4) is 6.07 Å². The molecule has 0 bridgehead atoms. The highest BCUT2D eigenvalue weighted by Gasteiger charge is 2.01. The highest BCUT2D eigenvalue weighted by molar-refractivity contribution is 6.30. The first kappa shape index (κ1) is 10.7. The summed E-state index contributed by atoms with van der Waals surface area (Å²) >= 11 is 5.71. The van der Waals surface area contributed by atoms with E-state index in [1.165, 1.54) is 0 Å². The van der Waals surface area contributed by atoms with Crippen molar-refractivity contribution in [2.45, 2.75) is 19.3 Å². The van der Waals surface area contributed by atoms with Crippen LogP contribution in [0.25, 0.3) is 0 Å². The van der Waals surface area contributed by atoms with Crippen LogP contribution in [0.4, 0.5) is 0 Å². The van der Waals surface area contributed by atoms with Gasteiger partial charge in [0.25, 0.3) is 0 Å². The monoisotopic (exact) mass is 207 g/mol. The molecular formula is C11H10ClNO. The summed E-state index contributed by atoms with van der Waals surface area (Å²) in [6.07, 6.45) is 1.11. The Morgan fingerprint density at radius 2 is 2.00 bits per heavy atom. The topological polar surface area (TPSA) is 40.9 Å². The summed E-state index contributed by atoms with van der Waals surface area (Å²) in [5, 5.41) is 8.97. The molecule has 0 aliphatic heterocycles. The van der Waals surface area contributed by atoms with Gasteiger partial charge < -0.3 is 0 Å². The number of carbonyl (C=O) groups is 1. The summed E-state index contributed by atoms with van der Waals surface area (Å²) in [4.78, 5) is 11.0. The van der Waals surface area contributed by atoms with E-state index in [2.05, 4.69) is 0 Å². The van der Waals surface area contributed by atoms with Crippen LogP contribution in [0.2, 0.25) is 5.02 Å². The van der Waals surface area contributed by atoms with Crippen LogP contribution in [-0.4, -0.2) is 5.78 Å². The minimum Gasteiger partial charge on any atom is -0.299 e. The molecule has 1 aromatic rings. The minimum atomic E-state index is -0.0116. The zero-order chi connectivity index (χ0) is 10.4. The van der Waals surface area contributed by atoms with Crippen LogP contribution < -0.4 is 0 Å². The van der Waals surface area contributed by atoms with Gasteiger partial charge in [0.15, 0.2) is 0 Å². The predicted octanol–water partition coefficient (Wildman–Crippen LogP) is 2.76. The summed E-state index contributed by atoms with van der Waals surface area (Å²) in [6, 6.07) is 9.22. The predicted molar refractivity (Wildman–Crippen MR) is 55.0 cm³/mol. The molecular weight excluding hydrogens is 198 g/mol. The first-order valence-electron chi connectivity index (χ1n) is 4.35. The summed E-state index contributed by atoms with van der Waals surface area (Å²) in [5.74, 6) is -0.0116. The molecule has 0 spiro atoms. The molecule has 0 saturated carbocycles. The Balaban J connectivity index is 2.43. The van der Waals surface area contributed by atoms with Gasteiger partial charge in [-0.05, 0) is 24.1 Å². The van der Waals surface area contributed by atoms with Crippen molar-refractivity contribution in [2.75, 3.05) is 0 Å². The number of rotatable bonds is 4.